The van der Waals surface area contributed by atoms with Crippen LogP contribution in [0.15, 0.2) is 24.4 Å². The van der Waals surface area contributed by atoms with Crippen LogP contribution in [0.2, 0.25) is 0 Å². The standard InChI is InChI=1S/C22H27F3N4O3/c1-13(16-5-4-6-17(20(16)23)21(24)25)27-22-18(10-26-14(2)28-22)32-12-15-9-19(30)29(11-15)7-8-31-3/h4-6,10,13,15,21H,7-9,11-12H2,1-3H3,(H,26,27,28)/t13-,15?/m1/s1. The molecule has 1 fully saturated rings. The third kappa shape index (κ3) is 5.67. The number of halogens is 3. The minimum absolute atomic E-state index is 0.00565. The summed E-state index contributed by atoms with van der Waals surface area (Å²) in [4.78, 5) is 22.3. The lowest BCUT2D eigenvalue weighted by atomic mass is 10.0. The van der Waals surface area contributed by atoms with Crippen molar-refractivity contribution in [3.05, 3.63) is 47.2 Å². The van der Waals surface area contributed by atoms with Crippen LogP contribution in [0.4, 0.5) is 19.0 Å². The maximum absolute atomic E-state index is 14.5. The molecule has 1 amide bonds. The fourth-order valence-electron chi connectivity index (χ4n) is 3.61. The molecule has 10 heteroatoms. The van der Waals surface area contributed by atoms with Gasteiger partial charge in [-0.25, -0.2) is 23.1 Å². The summed E-state index contributed by atoms with van der Waals surface area (Å²) >= 11 is 0. The van der Waals surface area contributed by atoms with Gasteiger partial charge < -0.3 is 19.7 Å². The minimum atomic E-state index is -2.90. The van der Waals surface area contributed by atoms with Crippen molar-refractivity contribution in [3.8, 4) is 5.75 Å². The number of likely N-dealkylation sites (tertiary alicyclic amines) is 1. The Hall–Kier alpha value is -2.88. The van der Waals surface area contributed by atoms with Gasteiger partial charge in [0.15, 0.2) is 11.6 Å². The summed E-state index contributed by atoms with van der Waals surface area (Å²) in [5.74, 6) is 0.248. The van der Waals surface area contributed by atoms with Crippen LogP contribution < -0.4 is 10.1 Å². The van der Waals surface area contributed by atoms with Crippen LogP contribution in [-0.4, -0.2) is 54.2 Å². The summed E-state index contributed by atoms with van der Waals surface area (Å²) < 4.78 is 51.6. The molecule has 1 aliphatic rings. The van der Waals surface area contributed by atoms with Crippen molar-refractivity contribution >= 4 is 11.7 Å². The molecule has 0 bridgehead atoms. The van der Waals surface area contributed by atoms with Gasteiger partial charge in [0.25, 0.3) is 6.43 Å². The molecule has 32 heavy (non-hydrogen) atoms. The van der Waals surface area contributed by atoms with E-state index < -0.39 is 23.8 Å². The number of carbonyl (C=O) groups is 1. The lowest BCUT2D eigenvalue weighted by Crippen LogP contribution is -2.29. The van der Waals surface area contributed by atoms with E-state index in [-0.39, 0.29) is 24.0 Å². The number of benzene rings is 1. The van der Waals surface area contributed by atoms with E-state index in [1.165, 1.54) is 18.3 Å². The van der Waals surface area contributed by atoms with Crippen molar-refractivity contribution in [1.29, 1.82) is 0 Å². The first-order valence-electron chi connectivity index (χ1n) is 10.4. The molecule has 2 aromatic rings. The van der Waals surface area contributed by atoms with Gasteiger partial charge in [-0.2, -0.15) is 0 Å². The smallest absolute Gasteiger partial charge is 0.266 e. The number of nitrogens with zero attached hydrogens (tertiary/aromatic N) is 3. The van der Waals surface area contributed by atoms with E-state index in [0.717, 1.165) is 6.07 Å². The molecule has 1 aromatic carbocycles. The number of carbonyl (C=O) groups excluding carboxylic acids is 1. The lowest BCUT2D eigenvalue weighted by molar-refractivity contribution is -0.128. The van der Waals surface area contributed by atoms with Gasteiger partial charge in [-0.3, -0.25) is 4.79 Å². The van der Waals surface area contributed by atoms with E-state index in [1.807, 2.05) is 0 Å². The molecule has 2 atom stereocenters. The molecular weight excluding hydrogens is 425 g/mol. The summed E-state index contributed by atoms with van der Waals surface area (Å²) in [6.07, 6.45) is -1.02. The number of nitrogens with one attached hydrogen (secondary N) is 1. The molecule has 1 N–H and O–H groups in total. The van der Waals surface area contributed by atoms with E-state index in [2.05, 4.69) is 15.3 Å². The Bertz CT molecular complexity index is 945. The van der Waals surface area contributed by atoms with Gasteiger partial charge in [-0.1, -0.05) is 18.2 Å². The highest BCUT2D eigenvalue weighted by Crippen LogP contribution is 2.31. The van der Waals surface area contributed by atoms with Gasteiger partial charge in [-0.05, 0) is 13.8 Å². The highest BCUT2D eigenvalue weighted by molar-refractivity contribution is 5.78. The molecule has 7 nitrogen and oxygen atoms in total. The Balaban J connectivity index is 1.69. The quantitative estimate of drug-likeness (QED) is 0.589. The summed E-state index contributed by atoms with van der Waals surface area (Å²) in [6, 6.07) is 3.26. The van der Waals surface area contributed by atoms with Crippen molar-refractivity contribution in [1.82, 2.24) is 14.9 Å². The van der Waals surface area contributed by atoms with Gasteiger partial charge in [0.1, 0.15) is 11.6 Å². The summed E-state index contributed by atoms with van der Waals surface area (Å²) in [5.41, 5.74) is -0.546. The van der Waals surface area contributed by atoms with E-state index in [1.54, 1.807) is 25.9 Å². The number of anilines is 1. The molecule has 0 radical (unpaired) electrons. The minimum Gasteiger partial charge on any atom is -0.488 e. The first-order chi connectivity index (χ1) is 15.3. The number of rotatable bonds is 10. The number of amides is 1. The van der Waals surface area contributed by atoms with Crippen LogP contribution in [0.1, 0.15) is 42.8 Å². The number of aryl methyl sites for hydroxylation is 1. The van der Waals surface area contributed by atoms with Gasteiger partial charge in [0.05, 0.1) is 31.0 Å². The zero-order chi connectivity index (χ0) is 23.3. The van der Waals surface area contributed by atoms with Crippen LogP contribution in [0.25, 0.3) is 0 Å². The van der Waals surface area contributed by atoms with E-state index >= 15 is 0 Å². The second-order valence-electron chi connectivity index (χ2n) is 7.76. The number of methoxy groups -OCH3 is 1. The van der Waals surface area contributed by atoms with Crippen molar-refractivity contribution in [2.75, 3.05) is 38.7 Å². The third-order valence-corrected chi connectivity index (χ3v) is 5.32. The Morgan fingerprint density at radius 1 is 1.31 bits per heavy atom. The number of alkyl halides is 2. The molecule has 1 aromatic heterocycles. The number of hydrogen-bond donors (Lipinski definition) is 1. The van der Waals surface area contributed by atoms with Crippen LogP contribution in [-0.2, 0) is 9.53 Å². The summed E-state index contributed by atoms with van der Waals surface area (Å²) in [5, 5.41) is 3.04. The van der Waals surface area contributed by atoms with Crippen molar-refractivity contribution in [3.63, 3.8) is 0 Å². The van der Waals surface area contributed by atoms with Gasteiger partial charge in [0.2, 0.25) is 5.91 Å². The number of aromatic nitrogens is 2. The van der Waals surface area contributed by atoms with E-state index in [9.17, 15) is 18.0 Å². The summed E-state index contributed by atoms with van der Waals surface area (Å²) in [7, 11) is 1.59. The van der Waals surface area contributed by atoms with E-state index in [0.29, 0.717) is 43.5 Å². The van der Waals surface area contributed by atoms with Crippen molar-refractivity contribution in [2.24, 2.45) is 5.92 Å². The fourth-order valence-corrected chi connectivity index (χ4v) is 3.61. The van der Waals surface area contributed by atoms with Crippen LogP contribution in [0, 0.1) is 18.7 Å². The van der Waals surface area contributed by atoms with E-state index in [4.69, 9.17) is 9.47 Å². The molecular formula is C22H27F3N4O3. The maximum atomic E-state index is 14.5. The molecule has 0 saturated carbocycles. The topological polar surface area (TPSA) is 76.6 Å². The Labute approximate surface area is 184 Å². The molecule has 0 aliphatic carbocycles. The van der Waals surface area contributed by atoms with Crippen LogP contribution >= 0.6 is 0 Å². The third-order valence-electron chi connectivity index (χ3n) is 5.32. The molecule has 1 unspecified atom stereocenters. The SMILES string of the molecule is COCCN1CC(COc2cnc(C)nc2N[C@H](C)c2cccc(C(F)F)c2F)CC1=O. The zero-order valence-electron chi connectivity index (χ0n) is 18.3. The normalized spacial score (nSPS) is 17.2. The molecule has 1 saturated heterocycles. The highest BCUT2D eigenvalue weighted by Gasteiger charge is 2.30. The summed E-state index contributed by atoms with van der Waals surface area (Å²) in [6.45, 7) is 5.20. The highest BCUT2D eigenvalue weighted by atomic mass is 19.3. The molecule has 174 valence electrons. The predicted molar refractivity (Wildman–Crippen MR) is 112 cm³/mol. The average molecular weight is 452 g/mol. The first-order valence-corrected chi connectivity index (χ1v) is 10.4. The second-order valence-corrected chi connectivity index (χ2v) is 7.76. The first kappa shape index (κ1) is 23.8. The maximum Gasteiger partial charge on any atom is 0.266 e. The molecule has 0 spiro atoms. The van der Waals surface area contributed by atoms with Gasteiger partial charge in [-0.15, -0.1) is 0 Å². The Morgan fingerprint density at radius 3 is 2.78 bits per heavy atom. The largest absolute Gasteiger partial charge is 0.488 e. The number of ether oxygens (including phenoxy) is 2. The zero-order valence-corrected chi connectivity index (χ0v) is 18.3. The fraction of sp³-hybridized carbons (Fsp3) is 0.500. The van der Waals surface area contributed by atoms with Crippen molar-refractivity contribution in [2.45, 2.75) is 32.7 Å². The van der Waals surface area contributed by atoms with Crippen LogP contribution in [0.3, 0.4) is 0 Å². The molecule has 1 aliphatic heterocycles. The van der Waals surface area contributed by atoms with Crippen molar-refractivity contribution < 1.29 is 27.4 Å². The second kappa shape index (κ2) is 10.6. The molecule has 2 heterocycles. The monoisotopic (exact) mass is 452 g/mol. The average Bonchev–Trinajstić information content (AvgIpc) is 3.10. The van der Waals surface area contributed by atoms with Crippen LogP contribution in [0.5, 0.6) is 5.75 Å². The predicted octanol–water partition coefficient (Wildman–Crippen LogP) is 3.91. The Kier molecular flexibility index (Phi) is 7.89. The number of hydrogen-bond acceptors (Lipinski definition) is 6. The Morgan fingerprint density at radius 2 is 2.06 bits per heavy atom. The lowest BCUT2D eigenvalue weighted by Gasteiger charge is -2.20. The van der Waals surface area contributed by atoms with Gasteiger partial charge >= 0.3 is 0 Å². The van der Waals surface area contributed by atoms with Gasteiger partial charge in [0, 0.05) is 38.1 Å². The molecule has 3 rings (SSSR count).